The molecule has 0 radical (unpaired) electrons. The Bertz CT molecular complexity index is 439. The molecule has 2 heterocycles. The maximum absolute atomic E-state index is 5.30. The largest absolute Gasteiger partial charge is 0.321 e. The Morgan fingerprint density at radius 1 is 1.38 bits per heavy atom. The minimum Gasteiger partial charge on any atom is -0.321 e. The van der Waals surface area contributed by atoms with Crippen LogP contribution >= 0.6 is 0 Å². The summed E-state index contributed by atoms with van der Waals surface area (Å²) >= 11 is 0. The zero-order chi connectivity index (χ0) is 9.26. The van der Waals surface area contributed by atoms with Crippen molar-refractivity contribution < 1.29 is 0 Å². The molecule has 0 aliphatic carbocycles. The van der Waals surface area contributed by atoms with Gasteiger partial charge in [0.1, 0.15) is 11.0 Å². The first-order valence-corrected chi connectivity index (χ1v) is 3.86. The highest BCUT2D eigenvalue weighted by molar-refractivity contribution is 5.86. The fourth-order valence-corrected chi connectivity index (χ4v) is 1.15. The number of nitrogens with one attached hydrogen (secondary N) is 1. The van der Waals surface area contributed by atoms with Crippen LogP contribution in [0.15, 0.2) is 18.5 Å². The first kappa shape index (κ1) is 7.88. The van der Waals surface area contributed by atoms with Gasteiger partial charge in [-0.15, -0.1) is 5.10 Å². The summed E-state index contributed by atoms with van der Waals surface area (Å²) in [7, 11) is 0. The second kappa shape index (κ2) is 2.95. The quantitative estimate of drug-likeness (QED) is 0.490. The van der Waals surface area contributed by atoms with E-state index in [1.54, 1.807) is 12.4 Å². The van der Waals surface area contributed by atoms with Crippen molar-refractivity contribution in [2.75, 3.05) is 5.43 Å². The van der Waals surface area contributed by atoms with Gasteiger partial charge in [-0.2, -0.15) is 5.10 Å². The van der Waals surface area contributed by atoms with Gasteiger partial charge in [-0.25, -0.2) is 0 Å². The maximum atomic E-state index is 5.30. The number of anilines is 1. The van der Waals surface area contributed by atoms with Gasteiger partial charge in [0.15, 0.2) is 0 Å². The molecule has 2 aromatic heterocycles. The summed E-state index contributed by atoms with van der Waals surface area (Å²) in [5.41, 5.74) is 5.75. The monoisotopic (exact) mass is 175 g/mol. The highest BCUT2D eigenvalue weighted by atomic mass is 15.2. The molecule has 0 aliphatic heterocycles. The van der Waals surface area contributed by atoms with Gasteiger partial charge in [0.05, 0.1) is 11.9 Å². The molecule has 5 heteroatoms. The van der Waals surface area contributed by atoms with E-state index in [1.165, 1.54) is 0 Å². The van der Waals surface area contributed by atoms with Gasteiger partial charge in [-0.05, 0) is 18.6 Å². The fraction of sp³-hybridized carbons (Fsp3) is 0.125. The minimum atomic E-state index is 0.685. The number of hydrogen-bond donors (Lipinski definition) is 2. The number of pyridine rings is 1. The third kappa shape index (κ3) is 1.29. The second-order valence-electron chi connectivity index (χ2n) is 2.78. The summed E-state index contributed by atoms with van der Waals surface area (Å²) in [5, 5.41) is 7.73. The molecule has 66 valence electrons. The van der Waals surface area contributed by atoms with Crippen LogP contribution < -0.4 is 11.3 Å². The predicted octanol–water partition coefficient (Wildman–Crippen LogP) is 0.619. The number of nitrogen functional groups attached to an aromatic ring is 1. The summed E-state index contributed by atoms with van der Waals surface area (Å²) in [5.74, 6) is 5.30. The molecule has 0 unspecified atom stereocenters. The zero-order valence-corrected chi connectivity index (χ0v) is 7.15. The summed E-state index contributed by atoms with van der Waals surface area (Å²) < 4.78 is 0. The molecule has 2 aromatic rings. The van der Waals surface area contributed by atoms with Crippen molar-refractivity contribution in [3.8, 4) is 0 Å². The normalized spacial score (nSPS) is 10.3. The van der Waals surface area contributed by atoms with Crippen molar-refractivity contribution in [1.29, 1.82) is 0 Å². The molecule has 0 saturated carbocycles. The molecule has 0 bridgehead atoms. The lowest BCUT2D eigenvalue weighted by Crippen LogP contribution is -2.08. The molecular formula is C8H9N5. The van der Waals surface area contributed by atoms with Crippen LogP contribution in [-0.2, 0) is 0 Å². The topological polar surface area (TPSA) is 76.7 Å². The Hall–Kier alpha value is -1.75. The van der Waals surface area contributed by atoms with E-state index >= 15 is 0 Å². The molecule has 0 aromatic carbocycles. The first-order valence-electron chi connectivity index (χ1n) is 3.86. The van der Waals surface area contributed by atoms with Crippen molar-refractivity contribution in [3.05, 3.63) is 24.0 Å². The number of fused-ring (bicyclic) bond motifs is 1. The molecule has 0 aliphatic rings. The number of nitrogens with zero attached hydrogens (tertiary/aromatic N) is 3. The van der Waals surface area contributed by atoms with Crippen molar-refractivity contribution in [3.63, 3.8) is 0 Å². The lowest BCUT2D eigenvalue weighted by Gasteiger charge is -2.02. The molecule has 0 saturated heterocycles. The number of aryl methyl sites for hydroxylation is 1. The highest BCUT2D eigenvalue weighted by Crippen LogP contribution is 2.16. The van der Waals surface area contributed by atoms with Gasteiger partial charge in [0, 0.05) is 6.20 Å². The summed E-state index contributed by atoms with van der Waals surface area (Å²) in [6.07, 6.45) is 3.32. The highest BCUT2D eigenvalue weighted by Gasteiger charge is 2.02. The summed E-state index contributed by atoms with van der Waals surface area (Å²) in [6, 6.07) is 1.91. The Kier molecular flexibility index (Phi) is 1.79. The van der Waals surface area contributed by atoms with Crippen molar-refractivity contribution in [1.82, 2.24) is 15.2 Å². The van der Waals surface area contributed by atoms with Crippen LogP contribution in [0.4, 0.5) is 5.69 Å². The number of hydrogen-bond acceptors (Lipinski definition) is 5. The van der Waals surface area contributed by atoms with E-state index < -0.39 is 0 Å². The standard InChI is InChI=1S/C8H9N5/c1-5-2-6-8(10-3-5)7(12-9)4-11-13-6/h2-4H,9H2,1H3,(H,12,13). The van der Waals surface area contributed by atoms with Gasteiger partial charge in [-0.3, -0.25) is 10.8 Å². The van der Waals surface area contributed by atoms with Crippen LogP contribution in [-0.4, -0.2) is 15.2 Å². The van der Waals surface area contributed by atoms with E-state index in [0.29, 0.717) is 5.69 Å². The van der Waals surface area contributed by atoms with E-state index in [0.717, 1.165) is 16.6 Å². The fourth-order valence-electron chi connectivity index (χ4n) is 1.15. The molecule has 0 spiro atoms. The third-order valence-electron chi connectivity index (χ3n) is 1.77. The van der Waals surface area contributed by atoms with E-state index in [-0.39, 0.29) is 0 Å². The van der Waals surface area contributed by atoms with Gasteiger partial charge in [0.2, 0.25) is 0 Å². The van der Waals surface area contributed by atoms with Crippen LogP contribution in [0, 0.1) is 6.92 Å². The predicted molar refractivity (Wildman–Crippen MR) is 49.9 cm³/mol. The Morgan fingerprint density at radius 3 is 3.00 bits per heavy atom. The SMILES string of the molecule is Cc1cnc2c(NN)cnnc2c1. The number of hydrazine groups is 1. The molecule has 3 N–H and O–H groups in total. The van der Waals surface area contributed by atoms with Crippen molar-refractivity contribution >= 4 is 16.7 Å². The first-order chi connectivity index (χ1) is 6.31. The van der Waals surface area contributed by atoms with Gasteiger partial charge < -0.3 is 5.43 Å². The Balaban J connectivity index is 2.77. The summed E-state index contributed by atoms with van der Waals surface area (Å²) in [6.45, 7) is 1.96. The van der Waals surface area contributed by atoms with E-state index in [4.69, 9.17) is 5.84 Å². The van der Waals surface area contributed by atoms with Gasteiger partial charge in [0.25, 0.3) is 0 Å². The van der Waals surface area contributed by atoms with E-state index in [2.05, 4.69) is 20.6 Å². The Labute approximate surface area is 75.0 Å². The maximum Gasteiger partial charge on any atom is 0.117 e. The Morgan fingerprint density at radius 2 is 2.23 bits per heavy atom. The van der Waals surface area contributed by atoms with Crippen LogP contribution in [0.2, 0.25) is 0 Å². The van der Waals surface area contributed by atoms with Crippen LogP contribution in [0.3, 0.4) is 0 Å². The summed E-state index contributed by atoms with van der Waals surface area (Å²) in [4.78, 5) is 4.21. The zero-order valence-electron chi connectivity index (χ0n) is 7.15. The van der Waals surface area contributed by atoms with Crippen LogP contribution in [0.25, 0.3) is 11.0 Å². The smallest absolute Gasteiger partial charge is 0.117 e. The third-order valence-corrected chi connectivity index (χ3v) is 1.77. The van der Waals surface area contributed by atoms with E-state index in [9.17, 15) is 0 Å². The lowest BCUT2D eigenvalue weighted by molar-refractivity contribution is 1.06. The molecule has 2 rings (SSSR count). The average Bonchev–Trinajstić information content (AvgIpc) is 2.16. The van der Waals surface area contributed by atoms with E-state index in [1.807, 2.05) is 13.0 Å². The van der Waals surface area contributed by atoms with Crippen LogP contribution in [0.5, 0.6) is 0 Å². The van der Waals surface area contributed by atoms with Gasteiger partial charge in [-0.1, -0.05) is 0 Å². The molecule has 13 heavy (non-hydrogen) atoms. The van der Waals surface area contributed by atoms with Crippen molar-refractivity contribution in [2.45, 2.75) is 6.92 Å². The second-order valence-corrected chi connectivity index (χ2v) is 2.78. The minimum absolute atomic E-state index is 0.685. The molecule has 0 atom stereocenters. The lowest BCUT2D eigenvalue weighted by atomic mass is 10.2. The number of nitrogens with two attached hydrogens (primary N) is 1. The number of rotatable bonds is 1. The molecule has 5 nitrogen and oxygen atoms in total. The number of aromatic nitrogens is 3. The molecule has 0 amide bonds. The average molecular weight is 175 g/mol. The van der Waals surface area contributed by atoms with Gasteiger partial charge >= 0.3 is 0 Å². The molecular weight excluding hydrogens is 166 g/mol. The van der Waals surface area contributed by atoms with Crippen LogP contribution in [0.1, 0.15) is 5.56 Å². The molecule has 0 fully saturated rings. The van der Waals surface area contributed by atoms with Crippen molar-refractivity contribution in [2.24, 2.45) is 5.84 Å².